The molecule has 2 aliphatic rings. The fourth-order valence-electron chi connectivity index (χ4n) is 3.96. The van der Waals surface area contributed by atoms with E-state index in [1.165, 1.54) is 45.2 Å². The van der Waals surface area contributed by atoms with Crippen LogP contribution in [-0.4, -0.2) is 61.7 Å². The Hall–Kier alpha value is -0.120. The first-order valence-electron chi connectivity index (χ1n) is 8.06. The molecule has 112 valence electrons. The Morgan fingerprint density at radius 2 is 1.84 bits per heavy atom. The summed E-state index contributed by atoms with van der Waals surface area (Å²) in [5.74, 6) is 0.766. The number of likely N-dealkylation sites (tertiary alicyclic amines) is 1. The van der Waals surface area contributed by atoms with Gasteiger partial charge in [-0.2, -0.15) is 0 Å². The van der Waals surface area contributed by atoms with Crippen LogP contribution in [0, 0.1) is 5.92 Å². The predicted octanol–water partition coefficient (Wildman–Crippen LogP) is 2.18. The van der Waals surface area contributed by atoms with E-state index in [1.807, 2.05) is 0 Å². The van der Waals surface area contributed by atoms with Crippen molar-refractivity contribution in [1.82, 2.24) is 15.1 Å². The van der Waals surface area contributed by atoms with E-state index in [1.54, 1.807) is 0 Å². The van der Waals surface area contributed by atoms with Gasteiger partial charge in [0.15, 0.2) is 0 Å². The minimum Gasteiger partial charge on any atom is -0.312 e. The molecule has 1 saturated heterocycles. The van der Waals surface area contributed by atoms with Crippen molar-refractivity contribution in [3.8, 4) is 0 Å². The second-order valence-corrected chi connectivity index (χ2v) is 7.31. The van der Waals surface area contributed by atoms with Crippen LogP contribution in [0.5, 0.6) is 0 Å². The van der Waals surface area contributed by atoms with Gasteiger partial charge in [-0.3, -0.25) is 0 Å². The largest absolute Gasteiger partial charge is 0.312 e. The van der Waals surface area contributed by atoms with Gasteiger partial charge in [0, 0.05) is 30.7 Å². The molecule has 1 N–H and O–H groups in total. The van der Waals surface area contributed by atoms with Gasteiger partial charge in [0.05, 0.1) is 0 Å². The summed E-state index contributed by atoms with van der Waals surface area (Å²) in [7, 11) is 6.77. The molecule has 0 aromatic rings. The molecular formula is C16H33N3. The molecule has 2 fully saturated rings. The quantitative estimate of drug-likeness (QED) is 0.842. The maximum absolute atomic E-state index is 3.92. The molecule has 1 aliphatic heterocycles. The number of likely N-dealkylation sites (N-methyl/N-ethyl adjacent to an activating group) is 1. The zero-order chi connectivity index (χ0) is 14.0. The molecule has 0 spiro atoms. The molecule has 0 radical (unpaired) electrons. The lowest BCUT2D eigenvalue weighted by molar-refractivity contribution is 0.0985. The van der Waals surface area contributed by atoms with Crippen LogP contribution in [0.2, 0.25) is 0 Å². The van der Waals surface area contributed by atoms with Crippen molar-refractivity contribution in [2.75, 3.05) is 34.2 Å². The van der Waals surface area contributed by atoms with Crippen molar-refractivity contribution in [1.29, 1.82) is 0 Å². The third-order valence-corrected chi connectivity index (χ3v) is 5.79. The third-order valence-electron chi connectivity index (χ3n) is 5.79. The van der Waals surface area contributed by atoms with E-state index in [4.69, 9.17) is 0 Å². The first kappa shape index (κ1) is 15.3. The zero-order valence-electron chi connectivity index (χ0n) is 13.6. The van der Waals surface area contributed by atoms with Crippen LogP contribution in [-0.2, 0) is 0 Å². The maximum Gasteiger partial charge on any atom is 0.0327 e. The summed E-state index contributed by atoms with van der Waals surface area (Å²) in [6.07, 6.45) is 6.83. The number of hydrogen-bond donors (Lipinski definition) is 1. The highest BCUT2D eigenvalue weighted by Gasteiger charge is 2.37. The van der Waals surface area contributed by atoms with E-state index in [0.29, 0.717) is 17.6 Å². The monoisotopic (exact) mass is 267 g/mol. The minimum atomic E-state index is 0.423. The van der Waals surface area contributed by atoms with Crippen molar-refractivity contribution in [3.05, 3.63) is 0 Å². The fraction of sp³-hybridized carbons (Fsp3) is 1.00. The zero-order valence-corrected chi connectivity index (χ0v) is 13.6. The Bertz CT molecular complexity index is 284. The summed E-state index contributed by atoms with van der Waals surface area (Å²) in [6.45, 7) is 7.16. The Labute approximate surface area is 119 Å². The summed E-state index contributed by atoms with van der Waals surface area (Å²) in [6, 6.07) is 1.41. The number of nitrogens with one attached hydrogen (secondary N) is 1. The van der Waals surface area contributed by atoms with E-state index in [0.717, 1.165) is 5.92 Å². The van der Waals surface area contributed by atoms with Crippen molar-refractivity contribution in [2.45, 2.75) is 63.6 Å². The summed E-state index contributed by atoms with van der Waals surface area (Å²) >= 11 is 0. The van der Waals surface area contributed by atoms with Crippen molar-refractivity contribution >= 4 is 0 Å². The highest BCUT2D eigenvalue weighted by atomic mass is 15.2. The molecular weight excluding hydrogens is 234 g/mol. The van der Waals surface area contributed by atoms with Gasteiger partial charge in [0.25, 0.3) is 0 Å². The molecule has 1 saturated carbocycles. The van der Waals surface area contributed by atoms with Crippen LogP contribution in [0.1, 0.15) is 46.0 Å². The predicted molar refractivity (Wildman–Crippen MR) is 82.5 cm³/mol. The minimum absolute atomic E-state index is 0.423. The normalized spacial score (nSPS) is 36.0. The SMILES string of the molecule is CC1CN(C)C(C)CC1NCC1(N(C)C)CCCC1. The lowest BCUT2D eigenvalue weighted by Crippen LogP contribution is -2.56. The number of piperidine rings is 1. The van der Waals surface area contributed by atoms with Crippen LogP contribution >= 0.6 is 0 Å². The standard InChI is InChI=1S/C16H33N3/c1-13-11-19(5)14(2)10-15(13)17-12-16(18(3)4)8-6-7-9-16/h13-15,17H,6-12H2,1-5H3. The summed E-state index contributed by atoms with van der Waals surface area (Å²) in [4.78, 5) is 4.97. The lowest BCUT2D eigenvalue weighted by atomic mass is 9.88. The number of nitrogens with zero attached hydrogens (tertiary/aromatic N) is 2. The molecule has 3 atom stereocenters. The van der Waals surface area contributed by atoms with Gasteiger partial charge in [-0.25, -0.2) is 0 Å². The second kappa shape index (κ2) is 6.11. The van der Waals surface area contributed by atoms with Crippen LogP contribution in [0.3, 0.4) is 0 Å². The van der Waals surface area contributed by atoms with Crippen molar-refractivity contribution in [2.24, 2.45) is 5.92 Å². The highest BCUT2D eigenvalue weighted by molar-refractivity contribution is 4.96. The molecule has 3 heteroatoms. The molecule has 0 aromatic carbocycles. The first-order valence-corrected chi connectivity index (χ1v) is 8.06. The van der Waals surface area contributed by atoms with Gasteiger partial charge in [-0.05, 0) is 53.2 Å². The average molecular weight is 267 g/mol. The topological polar surface area (TPSA) is 18.5 Å². The smallest absolute Gasteiger partial charge is 0.0327 e. The molecule has 3 unspecified atom stereocenters. The third kappa shape index (κ3) is 3.32. The summed E-state index contributed by atoms with van der Waals surface area (Å²) in [5, 5.41) is 3.92. The van der Waals surface area contributed by atoms with Crippen LogP contribution in [0.15, 0.2) is 0 Å². The Morgan fingerprint density at radius 1 is 1.21 bits per heavy atom. The number of rotatable bonds is 4. The van der Waals surface area contributed by atoms with Gasteiger partial charge >= 0.3 is 0 Å². The average Bonchev–Trinajstić information content (AvgIpc) is 2.82. The van der Waals surface area contributed by atoms with E-state index in [9.17, 15) is 0 Å². The molecule has 3 nitrogen and oxygen atoms in total. The lowest BCUT2D eigenvalue weighted by Gasteiger charge is -2.43. The van der Waals surface area contributed by atoms with Crippen molar-refractivity contribution in [3.63, 3.8) is 0 Å². The molecule has 1 aliphatic carbocycles. The second-order valence-electron chi connectivity index (χ2n) is 7.31. The maximum atomic E-state index is 3.92. The fourth-order valence-corrected chi connectivity index (χ4v) is 3.96. The molecule has 2 rings (SSSR count). The Morgan fingerprint density at radius 3 is 2.42 bits per heavy atom. The first-order chi connectivity index (χ1) is 8.94. The number of hydrogen-bond acceptors (Lipinski definition) is 3. The van der Waals surface area contributed by atoms with Gasteiger partial charge in [-0.1, -0.05) is 19.8 Å². The van der Waals surface area contributed by atoms with E-state index in [-0.39, 0.29) is 0 Å². The van der Waals surface area contributed by atoms with E-state index >= 15 is 0 Å². The van der Waals surface area contributed by atoms with Gasteiger partial charge in [-0.15, -0.1) is 0 Å². The molecule has 1 heterocycles. The summed E-state index contributed by atoms with van der Waals surface area (Å²) < 4.78 is 0. The van der Waals surface area contributed by atoms with Crippen molar-refractivity contribution < 1.29 is 0 Å². The molecule has 0 amide bonds. The Kier molecular flexibility index (Phi) is 4.91. The van der Waals surface area contributed by atoms with E-state index in [2.05, 4.69) is 50.1 Å². The molecule has 0 bridgehead atoms. The van der Waals surface area contributed by atoms with Gasteiger partial charge in [0.2, 0.25) is 0 Å². The van der Waals surface area contributed by atoms with Gasteiger partial charge in [0.1, 0.15) is 0 Å². The van der Waals surface area contributed by atoms with Crippen LogP contribution in [0.4, 0.5) is 0 Å². The highest BCUT2D eigenvalue weighted by Crippen LogP contribution is 2.33. The Balaban J connectivity index is 1.90. The van der Waals surface area contributed by atoms with Crippen LogP contribution < -0.4 is 5.32 Å². The molecule has 0 aromatic heterocycles. The van der Waals surface area contributed by atoms with E-state index < -0.39 is 0 Å². The molecule has 19 heavy (non-hydrogen) atoms. The van der Waals surface area contributed by atoms with Gasteiger partial charge < -0.3 is 15.1 Å². The van der Waals surface area contributed by atoms with Crippen LogP contribution in [0.25, 0.3) is 0 Å². The summed E-state index contributed by atoms with van der Waals surface area (Å²) in [5.41, 5.74) is 0.423.